The summed E-state index contributed by atoms with van der Waals surface area (Å²) < 4.78 is 41.3. The van der Waals surface area contributed by atoms with Gasteiger partial charge in [-0.05, 0) is 29.8 Å². The van der Waals surface area contributed by atoms with E-state index in [4.69, 9.17) is 0 Å². The summed E-state index contributed by atoms with van der Waals surface area (Å²) in [5.41, 5.74) is -1.47. The average molecular weight is 387 g/mol. The van der Waals surface area contributed by atoms with Gasteiger partial charge in [-0.3, -0.25) is 9.89 Å². The van der Waals surface area contributed by atoms with Gasteiger partial charge in [0.05, 0.1) is 5.56 Å². The molecule has 2 aromatic heterocycles. The number of alkyl halides is 3. The second-order valence-electron chi connectivity index (χ2n) is 5.74. The van der Waals surface area contributed by atoms with Crippen LogP contribution in [0.3, 0.4) is 0 Å². The Bertz CT molecular complexity index is 1150. The van der Waals surface area contributed by atoms with E-state index >= 15 is 0 Å². The van der Waals surface area contributed by atoms with Crippen molar-refractivity contribution in [3.05, 3.63) is 82.9 Å². The standard InChI is InChI=1S/C19H12F3N3OS/c20-19(21,22)17-16(18-23-11-10-15(26)25(18)24-17)12-6-8-14(9-7-12)27-13-4-2-1-3-5-13/h1-11,24H. The largest absolute Gasteiger partial charge is 0.433 e. The Morgan fingerprint density at radius 3 is 2.26 bits per heavy atom. The molecule has 27 heavy (non-hydrogen) atoms. The van der Waals surface area contributed by atoms with Crippen LogP contribution in [0.4, 0.5) is 13.2 Å². The lowest BCUT2D eigenvalue weighted by Crippen LogP contribution is -2.14. The van der Waals surface area contributed by atoms with E-state index in [1.54, 1.807) is 24.3 Å². The Hall–Kier alpha value is -3.00. The van der Waals surface area contributed by atoms with Gasteiger partial charge in [-0.15, -0.1) is 0 Å². The highest BCUT2D eigenvalue weighted by atomic mass is 32.2. The zero-order valence-corrected chi connectivity index (χ0v) is 14.5. The Kier molecular flexibility index (Phi) is 4.27. The Morgan fingerprint density at radius 2 is 1.59 bits per heavy atom. The minimum atomic E-state index is -4.65. The highest BCUT2D eigenvalue weighted by Crippen LogP contribution is 2.38. The lowest BCUT2D eigenvalue weighted by atomic mass is 10.1. The lowest BCUT2D eigenvalue weighted by Gasteiger charge is -2.08. The van der Waals surface area contributed by atoms with E-state index in [0.717, 1.165) is 20.4 Å². The van der Waals surface area contributed by atoms with E-state index in [1.165, 1.54) is 18.0 Å². The van der Waals surface area contributed by atoms with Crippen LogP contribution in [0.1, 0.15) is 5.69 Å². The number of fused-ring (bicyclic) bond motifs is 1. The number of H-pyrrole nitrogens is 1. The van der Waals surface area contributed by atoms with E-state index < -0.39 is 17.4 Å². The van der Waals surface area contributed by atoms with Gasteiger partial charge in [0, 0.05) is 22.1 Å². The number of aromatic nitrogens is 3. The SMILES string of the molecule is O=c1ccnc2c(-c3ccc(Sc4ccccc4)cc3)c(C(F)(F)F)[nH]n12. The molecule has 0 unspecified atom stereocenters. The number of rotatable bonds is 3. The number of aromatic amines is 1. The predicted octanol–water partition coefficient (Wildman–Crippen LogP) is 4.86. The molecule has 4 nitrogen and oxygen atoms in total. The van der Waals surface area contributed by atoms with Gasteiger partial charge < -0.3 is 0 Å². The van der Waals surface area contributed by atoms with Crippen molar-refractivity contribution in [2.75, 3.05) is 0 Å². The molecular weight excluding hydrogens is 375 g/mol. The van der Waals surface area contributed by atoms with Gasteiger partial charge in [-0.25, -0.2) is 9.50 Å². The molecule has 2 heterocycles. The van der Waals surface area contributed by atoms with Crippen LogP contribution in [0.5, 0.6) is 0 Å². The second kappa shape index (κ2) is 6.62. The molecule has 1 N–H and O–H groups in total. The summed E-state index contributed by atoms with van der Waals surface area (Å²) in [6, 6.07) is 17.5. The maximum Gasteiger partial charge on any atom is 0.433 e. The summed E-state index contributed by atoms with van der Waals surface area (Å²) in [6.07, 6.45) is -3.44. The van der Waals surface area contributed by atoms with Crippen molar-refractivity contribution in [1.82, 2.24) is 14.6 Å². The van der Waals surface area contributed by atoms with Crippen LogP contribution in [-0.2, 0) is 6.18 Å². The molecular formula is C19H12F3N3OS. The van der Waals surface area contributed by atoms with Crippen molar-refractivity contribution in [2.24, 2.45) is 0 Å². The summed E-state index contributed by atoms with van der Waals surface area (Å²) in [5.74, 6) is 0. The second-order valence-corrected chi connectivity index (χ2v) is 6.89. The maximum absolute atomic E-state index is 13.5. The van der Waals surface area contributed by atoms with E-state index in [0.29, 0.717) is 5.56 Å². The topological polar surface area (TPSA) is 50.2 Å². The molecule has 0 saturated carbocycles. The maximum atomic E-state index is 13.5. The van der Waals surface area contributed by atoms with Gasteiger partial charge in [-0.2, -0.15) is 13.2 Å². The molecule has 0 bridgehead atoms. The fourth-order valence-electron chi connectivity index (χ4n) is 2.77. The molecule has 4 rings (SSSR count). The van der Waals surface area contributed by atoms with E-state index in [1.807, 2.05) is 30.3 Å². The van der Waals surface area contributed by atoms with Crippen LogP contribution in [0.15, 0.2) is 81.4 Å². The van der Waals surface area contributed by atoms with Gasteiger partial charge >= 0.3 is 6.18 Å². The quantitative estimate of drug-likeness (QED) is 0.546. The molecule has 8 heteroatoms. The van der Waals surface area contributed by atoms with Crippen LogP contribution in [0.25, 0.3) is 16.8 Å². The lowest BCUT2D eigenvalue weighted by molar-refractivity contribution is -0.140. The van der Waals surface area contributed by atoms with E-state index in [9.17, 15) is 18.0 Å². The van der Waals surface area contributed by atoms with Crippen molar-refractivity contribution in [2.45, 2.75) is 16.0 Å². The van der Waals surface area contributed by atoms with Crippen molar-refractivity contribution in [1.29, 1.82) is 0 Å². The van der Waals surface area contributed by atoms with Gasteiger partial charge in [-0.1, -0.05) is 42.1 Å². The number of halogens is 3. The number of nitrogens with one attached hydrogen (secondary N) is 1. The van der Waals surface area contributed by atoms with Crippen LogP contribution in [0.2, 0.25) is 0 Å². The number of nitrogens with zero attached hydrogens (tertiary/aromatic N) is 2. The fourth-order valence-corrected chi connectivity index (χ4v) is 3.60. The van der Waals surface area contributed by atoms with Crippen LogP contribution < -0.4 is 5.56 Å². The number of hydrogen-bond donors (Lipinski definition) is 1. The summed E-state index contributed by atoms with van der Waals surface area (Å²) in [4.78, 5) is 17.8. The van der Waals surface area contributed by atoms with Crippen molar-refractivity contribution >= 4 is 17.4 Å². The smallest absolute Gasteiger partial charge is 0.284 e. The molecule has 0 aliphatic carbocycles. The summed E-state index contributed by atoms with van der Waals surface area (Å²) in [7, 11) is 0. The molecule has 2 aromatic carbocycles. The third kappa shape index (κ3) is 3.35. The Labute approximate surface area is 155 Å². The number of benzene rings is 2. The highest BCUT2D eigenvalue weighted by Gasteiger charge is 2.38. The van der Waals surface area contributed by atoms with Crippen LogP contribution in [-0.4, -0.2) is 14.6 Å². The van der Waals surface area contributed by atoms with Crippen molar-refractivity contribution in [3.63, 3.8) is 0 Å². The van der Waals surface area contributed by atoms with Gasteiger partial charge in [0.15, 0.2) is 5.65 Å². The zero-order chi connectivity index (χ0) is 19.0. The highest BCUT2D eigenvalue weighted by molar-refractivity contribution is 7.99. The normalized spacial score (nSPS) is 11.8. The van der Waals surface area contributed by atoms with Crippen LogP contribution >= 0.6 is 11.8 Å². The monoisotopic (exact) mass is 387 g/mol. The molecule has 0 saturated heterocycles. The first-order valence-electron chi connectivity index (χ1n) is 7.94. The molecule has 0 radical (unpaired) electrons. The van der Waals surface area contributed by atoms with Crippen LogP contribution in [0, 0.1) is 0 Å². The predicted molar refractivity (Wildman–Crippen MR) is 96.8 cm³/mol. The fraction of sp³-hybridized carbons (Fsp3) is 0.0526. The minimum absolute atomic E-state index is 0.0571. The average Bonchev–Trinajstić information content (AvgIpc) is 3.05. The summed E-state index contributed by atoms with van der Waals surface area (Å²) in [5, 5.41) is 2.14. The van der Waals surface area contributed by atoms with E-state index in [-0.39, 0.29) is 11.2 Å². The van der Waals surface area contributed by atoms with Gasteiger partial charge in [0.1, 0.15) is 5.69 Å². The first kappa shape index (κ1) is 17.4. The van der Waals surface area contributed by atoms with Gasteiger partial charge in [0.25, 0.3) is 5.56 Å². The molecule has 0 aliphatic rings. The third-order valence-corrected chi connectivity index (χ3v) is 4.96. The van der Waals surface area contributed by atoms with Crippen molar-refractivity contribution in [3.8, 4) is 11.1 Å². The Balaban J connectivity index is 1.80. The van der Waals surface area contributed by atoms with Gasteiger partial charge in [0.2, 0.25) is 0 Å². The Morgan fingerprint density at radius 1 is 0.926 bits per heavy atom. The molecule has 136 valence electrons. The molecule has 0 fully saturated rings. The minimum Gasteiger partial charge on any atom is -0.284 e. The summed E-state index contributed by atoms with van der Waals surface area (Å²) >= 11 is 1.51. The molecule has 0 amide bonds. The summed E-state index contributed by atoms with van der Waals surface area (Å²) in [6.45, 7) is 0. The number of hydrogen-bond acceptors (Lipinski definition) is 3. The molecule has 0 atom stereocenters. The zero-order valence-electron chi connectivity index (χ0n) is 13.7. The van der Waals surface area contributed by atoms with E-state index in [2.05, 4.69) is 10.1 Å². The molecule has 0 spiro atoms. The first-order chi connectivity index (χ1) is 12.9. The van der Waals surface area contributed by atoms with Crippen molar-refractivity contribution < 1.29 is 13.2 Å². The molecule has 4 aromatic rings. The first-order valence-corrected chi connectivity index (χ1v) is 8.75. The third-order valence-electron chi connectivity index (χ3n) is 3.95. The molecule has 0 aliphatic heterocycles.